The molecule has 0 spiro atoms. The van der Waals surface area contributed by atoms with Gasteiger partial charge in [-0.1, -0.05) is 25.1 Å². The van der Waals surface area contributed by atoms with E-state index in [-0.39, 0.29) is 5.92 Å². The van der Waals surface area contributed by atoms with Crippen LogP contribution in [0.3, 0.4) is 0 Å². The fraction of sp³-hybridized carbons (Fsp3) is 0.387. The van der Waals surface area contributed by atoms with Crippen molar-refractivity contribution in [3.8, 4) is 22.6 Å². The maximum atomic E-state index is 10.9. The Morgan fingerprint density at radius 1 is 0.944 bits per heavy atom. The van der Waals surface area contributed by atoms with E-state index in [4.69, 9.17) is 14.2 Å². The molecule has 3 rings (SSSR count). The van der Waals surface area contributed by atoms with Crippen molar-refractivity contribution in [3.05, 3.63) is 82.4 Å². The summed E-state index contributed by atoms with van der Waals surface area (Å²) < 4.78 is 17.5. The molecule has 0 unspecified atom stereocenters. The first-order valence-electron chi connectivity index (χ1n) is 12.4. The van der Waals surface area contributed by atoms with Gasteiger partial charge in [0.1, 0.15) is 24.4 Å². The number of aryl methyl sites for hydroxylation is 2. The Hall–Kier alpha value is -3.15. The van der Waals surface area contributed by atoms with Gasteiger partial charge in [0, 0.05) is 5.56 Å². The molecule has 5 heteroatoms. The summed E-state index contributed by atoms with van der Waals surface area (Å²) in [5.41, 5.74) is 7.66. The van der Waals surface area contributed by atoms with E-state index < -0.39 is 5.79 Å². The van der Waals surface area contributed by atoms with Gasteiger partial charge >= 0.3 is 0 Å². The van der Waals surface area contributed by atoms with E-state index in [0.717, 1.165) is 40.9 Å². The Morgan fingerprint density at radius 2 is 1.61 bits per heavy atom. The number of aliphatic hydroxyl groups is 1. The fourth-order valence-corrected chi connectivity index (χ4v) is 4.15. The molecule has 0 saturated heterocycles. The number of rotatable bonds is 12. The molecule has 192 valence electrons. The van der Waals surface area contributed by atoms with Gasteiger partial charge < -0.3 is 19.3 Å². The maximum absolute atomic E-state index is 10.9. The smallest absolute Gasteiger partial charge is 0.159 e. The second-order valence-electron chi connectivity index (χ2n) is 10.00. The van der Waals surface area contributed by atoms with Gasteiger partial charge in [0.25, 0.3) is 0 Å². The SMILES string of the molecule is Cc1cc(OCC[C@H](C)COC(C)(C)O)cc(C)c1-c1cccc(COc2ccc(C=O)cc2)c1C. The number of aldehydes is 1. The van der Waals surface area contributed by atoms with Crippen LogP contribution in [0.2, 0.25) is 0 Å². The van der Waals surface area contributed by atoms with Gasteiger partial charge in [-0.05, 0) is 117 Å². The van der Waals surface area contributed by atoms with E-state index in [2.05, 4.69) is 58.0 Å². The first kappa shape index (κ1) is 27.4. The van der Waals surface area contributed by atoms with E-state index in [9.17, 15) is 9.90 Å². The van der Waals surface area contributed by atoms with Crippen molar-refractivity contribution in [2.75, 3.05) is 13.2 Å². The molecule has 0 amide bonds. The summed E-state index contributed by atoms with van der Waals surface area (Å²) in [7, 11) is 0. The summed E-state index contributed by atoms with van der Waals surface area (Å²) in [6.07, 6.45) is 1.67. The molecular weight excluding hydrogens is 452 g/mol. The Morgan fingerprint density at radius 3 is 2.22 bits per heavy atom. The molecule has 0 aromatic heterocycles. The van der Waals surface area contributed by atoms with Crippen LogP contribution >= 0.6 is 0 Å². The van der Waals surface area contributed by atoms with Gasteiger partial charge in [-0.3, -0.25) is 4.79 Å². The zero-order valence-corrected chi connectivity index (χ0v) is 22.3. The summed E-state index contributed by atoms with van der Waals surface area (Å²) in [6, 6.07) is 17.6. The third-order valence-corrected chi connectivity index (χ3v) is 6.23. The molecule has 0 aliphatic rings. The molecule has 3 aromatic carbocycles. The van der Waals surface area contributed by atoms with Crippen molar-refractivity contribution in [3.63, 3.8) is 0 Å². The van der Waals surface area contributed by atoms with Crippen LogP contribution in [0.1, 0.15) is 59.8 Å². The standard InChI is InChI=1S/C31H38O5/c1-21(19-36-31(5,6)33)14-15-34-28-16-22(2)30(23(3)17-28)29-9-7-8-26(24(29)4)20-35-27-12-10-25(18-32)11-13-27/h7-13,16-18,21,33H,14-15,19-20H2,1-6H3/t21-/m0/s1. The van der Waals surface area contributed by atoms with Crippen molar-refractivity contribution in [2.24, 2.45) is 5.92 Å². The molecule has 0 aliphatic carbocycles. The van der Waals surface area contributed by atoms with E-state index in [1.165, 1.54) is 16.7 Å². The van der Waals surface area contributed by atoms with Crippen LogP contribution in [0.15, 0.2) is 54.6 Å². The second-order valence-corrected chi connectivity index (χ2v) is 10.00. The topological polar surface area (TPSA) is 65.0 Å². The zero-order valence-electron chi connectivity index (χ0n) is 22.3. The number of benzene rings is 3. The highest BCUT2D eigenvalue weighted by molar-refractivity contribution is 5.76. The molecule has 0 saturated carbocycles. The lowest BCUT2D eigenvalue weighted by atomic mass is 9.90. The summed E-state index contributed by atoms with van der Waals surface area (Å²) in [6.45, 7) is 13.3. The molecule has 3 aromatic rings. The van der Waals surface area contributed by atoms with Crippen LogP contribution in [0.5, 0.6) is 11.5 Å². The third-order valence-electron chi connectivity index (χ3n) is 6.23. The minimum absolute atomic E-state index is 0.286. The van der Waals surface area contributed by atoms with Crippen LogP contribution in [0.4, 0.5) is 0 Å². The van der Waals surface area contributed by atoms with Crippen molar-refractivity contribution in [2.45, 2.75) is 60.4 Å². The summed E-state index contributed by atoms with van der Waals surface area (Å²) in [5, 5.41) is 9.72. The normalized spacial score (nSPS) is 12.3. The second kappa shape index (κ2) is 12.2. The minimum Gasteiger partial charge on any atom is -0.494 e. The van der Waals surface area contributed by atoms with Crippen LogP contribution < -0.4 is 9.47 Å². The van der Waals surface area contributed by atoms with E-state index in [1.54, 1.807) is 26.0 Å². The van der Waals surface area contributed by atoms with Crippen molar-refractivity contribution < 1.29 is 24.1 Å². The van der Waals surface area contributed by atoms with Gasteiger partial charge in [0.05, 0.1) is 13.2 Å². The Labute approximate surface area is 215 Å². The molecule has 0 aliphatic heterocycles. The van der Waals surface area contributed by atoms with E-state index in [1.807, 2.05) is 12.1 Å². The quantitative estimate of drug-likeness (QED) is 0.223. The summed E-state index contributed by atoms with van der Waals surface area (Å²) >= 11 is 0. The van der Waals surface area contributed by atoms with E-state index >= 15 is 0 Å². The average molecular weight is 491 g/mol. The summed E-state index contributed by atoms with van der Waals surface area (Å²) in [4.78, 5) is 10.9. The van der Waals surface area contributed by atoms with Crippen molar-refractivity contribution >= 4 is 6.29 Å². The van der Waals surface area contributed by atoms with Gasteiger partial charge in [-0.15, -0.1) is 0 Å². The molecule has 0 heterocycles. The average Bonchev–Trinajstić information content (AvgIpc) is 2.82. The molecule has 1 atom stereocenters. The molecule has 0 fully saturated rings. The van der Waals surface area contributed by atoms with Gasteiger partial charge in [-0.25, -0.2) is 0 Å². The number of hydrogen-bond acceptors (Lipinski definition) is 5. The van der Waals surface area contributed by atoms with Gasteiger partial charge in [0.2, 0.25) is 0 Å². The predicted molar refractivity (Wildman–Crippen MR) is 144 cm³/mol. The number of carbonyl (C=O) groups excluding carboxylic acids is 1. The lowest BCUT2D eigenvalue weighted by molar-refractivity contribution is -0.183. The Bertz CT molecular complexity index is 1140. The first-order valence-corrected chi connectivity index (χ1v) is 12.4. The van der Waals surface area contributed by atoms with Crippen LogP contribution in [0, 0.1) is 26.7 Å². The number of ether oxygens (including phenoxy) is 3. The highest BCUT2D eigenvalue weighted by atomic mass is 16.6. The summed E-state index contributed by atoms with van der Waals surface area (Å²) in [5.74, 6) is 0.776. The fourth-order valence-electron chi connectivity index (χ4n) is 4.15. The molecule has 36 heavy (non-hydrogen) atoms. The van der Waals surface area contributed by atoms with Crippen LogP contribution in [0.25, 0.3) is 11.1 Å². The van der Waals surface area contributed by atoms with Gasteiger partial charge in [-0.2, -0.15) is 0 Å². The lowest BCUT2D eigenvalue weighted by Gasteiger charge is -2.21. The van der Waals surface area contributed by atoms with Crippen LogP contribution in [-0.2, 0) is 11.3 Å². The third kappa shape index (κ3) is 7.67. The number of carbonyl (C=O) groups is 1. The largest absolute Gasteiger partial charge is 0.494 e. The Kier molecular flexibility index (Phi) is 9.30. The van der Waals surface area contributed by atoms with Crippen molar-refractivity contribution in [1.82, 2.24) is 0 Å². The number of hydrogen-bond donors (Lipinski definition) is 1. The minimum atomic E-state index is -1.11. The van der Waals surface area contributed by atoms with Crippen molar-refractivity contribution in [1.29, 1.82) is 0 Å². The monoisotopic (exact) mass is 490 g/mol. The molecule has 5 nitrogen and oxygen atoms in total. The van der Waals surface area contributed by atoms with Crippen LogP contribution in [-0.4, -0.2) is 30.4 Å². The maximum Gasteiger partial charge on any atom is 0.159 e. The zero-order chi connectivity index (χ0) is 26.3. The lowest BCUT2D eigenvalue weighted by Crippen LogP contribution is -2.26. The highest BCUT2D eigenvalue weighted by Gasteiger charge is 2.16. The molecule has 1 N–H and O–H groups in total. The van der Waals surface area contributed by atoms with Gasteiger partial charge in [0.15, 0.2) is 5.79 Å². The Balaban J connectivity index is 1.67. The molecule has 0 bridgehead atoms. The van der Waals surface area contributed by atoms with E-state index in [0.29, 0.717) is 25.4 Å². The molecule has 0 radical (unpaired) electrons. The predicted octanol–water partition coefficient (Wildman–Crippen LogP) is 6.82. The molecular formula is C31H38O5. The first-order chi connectivity index (χ1) is 17.1. The highest BCUT2D eigenvalue weighted by Crippen LogP contribution is 2.34.